The Hall–Kier alpha value is -3.26. The fourth-order valence-electron chi connectivity index (χ4n) is 2.31. The lowest BCUT2D eigenvalue weighted by molar-refractivity contribution is -0.112. The van der Waals surface area contributed by atoms with E-state index in [0.717, 1.165) is 29.9 Å². The molecule has 5 nitrogen and oxygen atoms in total. The Balaban J connectivity index is 2.00. The number of nitrogens with zero attached hydrogens (tertiary/aromatic N) is 1. The van der Waals surface area contributed by atoms with Gasteiger partial charge in [0, 0.05) is 5.69 Å². The number of amides is 1. The van der Waals surface area contributed by atoms with E-state index < -0.39 is 5.91 Å². The normalized spacial score (nSPS) is 10.8. The molecule has 0 atom stereocenters. The standard InChI is InChI=1S/C22H24N2O3/c1-3-5-14-27-21-12-8-19(9-13-21)24-22(25)18(16-23)15-17-6-10-20(11-7-17)26-4-2/h6-13,15H,3-5,14H2,1-2H3,(H,24,25)/b18-15+. The van der Waals surface area contributed by atoms with E-state index in [2.05, 4.69) is 12.2 Å². The zero-order valence-electron chi connectivity index (χ0n) is 15.7. The number of unbranched alkanes of at least 4 members (excludes halogenated alkanes) is 1. The van der Waals surface area contributed by atoms with Gasteiger partial charge in [0.25, 0.3) is 5.91 Å². The SMILES string of the molecule is CCCCOc1ccc(NC(=O)/C(C#N)=C/c2ccc(OCC)cc2)cc1. The van der Waals surface area contributed by atoms with Gasteiger partial charge < -0.3 is 14.8 Å². The Kier molecular flexibility index (Phi) is 7.92. The molecule has 0 aromatic heterocycles. The lowest BCUT2D eigenvalue weighted by Crippen LogP contribution is -2.13. The topological polar surface area (TPSA) is 71.3 Å². The van der Waals surface area contributed by atoms with E-state index in [9.17, 15) is 10.1 Å². The van der Waals surface area contributed by atoms with Crippen LogP contribution in [-0.2, 0) is 4.79 Å². The number of anilines is 1. The van der Waals surface area contributed by atoms with Crippen molar-refractivity contribution in [3.05, 3.63) is 59.7 Å². The molecule has 0 unspecified atom stereocenters. The smallest absolute Gasteiger partial charge is 0.266 e. The van der Waals surface area contributed by atoms with Crippen LogP contribution in [-0.4, -0.2) is 19.1 Å². The van der Waals surface area contributed by atoms with Crippen LogP contribution in [0.15, 0.2) is 54.1 Å². The Morgan fingerprint density at radius 2 is 1.67 bits per heavy atom. The van der Waals surface area contributed by atoms with Crippen LogP contribution in [0.4, 0.5) is 5.69 Å². The van der Waals surface area contributed by atoms with E-state index in [1.165, 1.54) is 0 Å². The second-order valence-electron chi connectivity index (χ2n) is 5.85. The average molecular weight is 364 g/mol. The van der Waals surface area contributed by atoms with Crippen molar-refractivity contribution in [3.63, 3.8) is 0 Å². The van der Waals surface area contributed by atoms with Gasteiger partial charge in [-0.2, -0.15) is 5.26 Å². The molecule has 0 saturated heterocycles. The maximum Gasteiger partial charge on any atom is 0.266 e. The minimum absolute atomic E-state index is 0.0300. The molecule has 0 heterocycles. The second-order valence-corrected chi connectivity index (χ2v) is 5.85. The fourth-order valence-corrected chi connectivity index (χ4v) is 2.31. The summed E-state index contributed by atoms with van der Waals surface area (Å²) >= 11 is 0. The summed E-state index contributed by atoms with van der Waals surface area (Å²) in [4.78, 5) is 12.4. The van der Waals surface area contributed by atoms with Gasteiger partial charge in [-0.25, -0.2) is 0 Å². The van der Waals surface area contributed by atoms with Gasteiger partial charge in [-0.05, 0) is 61.4 Å². The van der Waals surface area contributed by atoms with Gasteiger partial charge in [0.05, 0.1) is 13.2 Å². The van der Waals surface area contributed by atoms with Crippen molar-refractivity contribution < 1.29 is 14.3 Å². The summed E-state index contributed by atoms with van der Waals surface area (Å²) in [6, 6.07) is 16.3. The molecule has 2 aromatic rings. The molecule has 0 spiro atoms. The highest BCUT2D eigenvalue weighted by Crippen LogP contribution is 2.18. The number of hydrogen-bond acceptors (Lipinski definition) is 4. The molecule has 0 saturated carbocycles. The fraction of sp³-hybridized carbons (Fsp3) is 0.273. The third-order valence-corrected chi connectivity index (χ3v) is 3.75. The number of benzene rings is 2. The van der Waals surface area contributed by atoms with E-state index in [1.54, 1.807) is 54.6 Å². The molecule has 2 rings (SSSR count). The van der Waals surface area contributed by atoms with Gasteiger partial charge in [0.2, 0.25) is 0 Å². The van der Waals surface area contributed by atoms with Crippen LogP contribution >= 0.6 is 0 Å². The Bertz CT molecular complexity index is 803. The molecule has 0 aliphatic carbocycles. The lowest BCUT2D eigenvalue weighted by atomic mass is 10.1. The summed E-state index contributed by atoms with van der Waals surface area (Å²) in [6.07, 6.45) is 3.62. The summed E-state index contributed by atoms with van der Waals surface area (Å²) in [7, 11) is 0. The van der Waals surface area contributed by atoms with Crippen molar-refractivity contribution in [2.24, 2.45) is 0 Å². The van der Waals surface area contributed by atoms with Crippen molar-refractivity contribution in [2.75, 3.05) is 18.5 Å². The number of nitrogens with one attached hydrogen (secondary N) is 1. The van der Waals surface area contributed by atoms with E-state index in [1.807, 2.05) is 13.0 Å². The van der Waals surface area contributed by atoms with Crippen LogP contribution in [0.2, 0.25) is 0 Å². The van der Waals surface area contributed by atoms with Crippen molar-refractivity contribution in [1.82, 2.24) is 0 Å². The molecular weight excluding hydrogens is 340 g/mol. The summed E-state index contributed by atoms with van der Waals surface area (Å²) in [6.45, 7) is 5.28. The summed E-state index contributed by atoms with van der Waals surface area (Å²) in [5, 5.41) is 12.0. The molecule has 0 fully saturated rings. The molecular formula is C22H24N2O3. The van der Waals surface area contributed by atoms with E-state index in [0.29, 0.717) is 18.9 Å². The first-order valence-electron chi connectivity index (χ1n) is 9.05. The highest BCUT2D eigenvalue weighted by molar-refractivity contribution is 6.09. The highest BCUT2D eigenvalue weighted by Gasteiger charge is 2.10. The van der Waals surface area contributed by atoms with Crippen molar-refractivity contribution in [3.8, 4) is 17.6 Å². The van der Waals surface area contributed by atoms with Crippen LogP contribution in [0.5, 0.6) is 11.5 Å². The summed E-state index contributed by atoms with van der Waals surface area (Å²) in [5.41, 5.74) is 1.39. The van der Waals surface area contributed by atoms with E-state index in [4.69, 9.17) is 9.47 Å². The van der Waals surface area contributed by atoms with Gasteiger partial charge in [0.15, 0.2) is 0 Å². The Morgan fingerprint density at radius 1 is 1.04 bits per heavy atom. The molecule has 0 aliphatic rings. The minimum Gasteiger partial charge on any atom is -0.494 e. The van der Waals surface area contributed by atoms with Crippen LogP contribution in [0, 0.1) is 11.3 Å². The average Bonchev–Trinajstić information content (AvgIpc) is 2.69. The number of hydrogen-bond donors (Lipinski definition) is 1. The Morgan fingerprint density at radius 3 is 2.26 bits per heavy atom. The van der Waals surface area contributed by atoms with Crippen molar-refractivity contribution in [1.29, 1.82) is 5.26 Å². The monoisotopic (exact) mass is 364 g/mol. The number of rotatable bonds is 9. The van der Waals surface area contributed by atoms with Gasteiger partial charge in [0.1, 0.15) is 23.1 Å². The van der Waals surface area contributed by atoms with Gasteiger partial charge >= 0.3 is 0 Å². The number of carbonyl (C=O) groups is 1. The molecule has 140 valence electrons. The van der Waals surface area contributed by atoms with Gasteiger partial charge in [-0.15, -0.1) is 0 Å². The highest BCUT2D eigenvalue weighted by atomic mass is 16.5. The molecule has 0 aliphatic heterocycles. The maximum absolute atomic E-state index is 12.4. The Labute approximate surface area is 160 Å². The molecule has 27 heavy (non-hydrogen) atoms. The summed E-state index contributed by atoms with van der Waals surface area (Å²) in [5.74, 6) is 1.05. The number of ether oxygens (including phenoxy) is 2. The van der Waals surface area contributed by atoms with Gasteiger partial charge in [-0.3, -0.25) is 4.79 Å². The third kappa shape index (κ3) is 6.52. The third-order valence-electron chi connectivity index (χ3n) is 3.75. The number of carbonyl (C=O) groups excluding carboxylic acids is 1. The molecule has 5 heteroatoms. The van der Waals surface area contributed by atoms with E-state index >= 15 is 0 Å². The molecule has 0 bridgehead atoms. The largest absolute Gasteiger partial charge is 0.494 e. The predicted octanol–water partition coefficient (Wildman–Crippen LogP) is 4.81. The van der Waals surface area contributed by atoms with Crippen molar-refractivity contribution in [2.45, 2.75) is 26.7 Å². The van der Waals surface area contributed by atoms with Gasteiger partial charge in [-0.1, -0.05) is 25.5 Å². The molecule has 1 N–H and O–H groups in total. The van der Waals surface area contributed by atoms with Crippen LogP contribution < -0.4 is 14.8 Å². The summed E-state index contributed by atoms with van der Waals surface area (Å²) < 4.78 is 11.0. The zero-order chi connectivity index (χ0) is 19.5. The number of nitriles is 1. The van der Waals surface area contributed by atoms with Crippen LogP contribution in [0.25, 0.3) is 6.08 Å². The van der Waals surface area contributed by atoms with Crippen LogP contribution in [0.3, 0.4) is 0 Å². The molecule has 0 radical (unpaired) electrons. The first-order chi connectivity index (χ1) is 13.2. The van der Waals surface area contributed by atoms with E-state index in [-0.39, 0.29) is 5.57 Å². The second kappa shape index (κ2) is 10.7. The maximum atomic E-state index is 12.4. The lowest BCUT2D eigenvalue weighted by Gasteiger charge is -2.08. The molecule has 2 aromatic carbocycles. The molecule has 1 amide bonds. The predicted molar refractivity (Wildman–Crippen MR) is 107 cm³/mol. The van der Waals surface area contributed by atoms with Crippen LogP contribution in [0.1, 0.15) is 32.3 Å². The quantitative estimate of drug-likeness (QED) is 0.394. The zero-order valence-corrected chi connectivity index (χ0v) is 15.7. The first kappa shape index (κ1) is 20.1. The van der Waals surface area contributed by atoms with Crippen molar-refractivity contribution >= 4 is 17.7 Å². The minimum atomic E-state index is -0.453. The first-order valence-corrected chi connectivity index (χ1v) is 9.05.